The molecular formula is C34H54NO7+. The van der Waals surface area contributed by atoms with Crippen molar-refractivity contribution in [2.75, 3.05) is 41.0 Å². The molecule has 1 N–H and O–H groups in total. The Morgan fingerprint density at radius 1 is 0.738 bits per heavy atom. The van der Waals surface area contributed by atoms with Gasteiger partial charge in [-0.2, -0.15) is 0 Å². The lowest BCUT2D eigenvalue weighted by Gasteiger charge is -2.31. The van der Waals surface area contributed by atoms with Crippen LogP contribution in [0.5, 0.6) is 0 Å². The third-order valence-electron chi connectivity index (χ3n) is 5.94. The van der Waals surface area contributed by atoms with Crippen LogP contribution < -0.4 is 0 Å². The minimum absolute atomic E-state index is 0.0163. The summed E-state index contributed by atoms with van der Waals surface area (Å²) < 4.78 is 16.3. The van der Waals surface area contributed by atoms with Gasteiger partial charge in [0.2, 0.25) is 0 Å². The average molecular weight is 589 g/mol. The average Bonchev–Trinajstić information content (AvgIpc) is 2.91. The molecular weight excluding hydrogens is 534 g/mol. The molecule has 0 aliphatic rings. The van der Waals surface area contributed by atoms with E-state index in [0.29, 0.717) is 12.8 Å². The van der Waals surface area contributed by atoms with Gasteiger partial charge in [0.1, 0.15) is 6.61 Å². The first-order valence-corrected chi connectivity index (χ1v) is 14.9. The van der Waals surface area contributed by atoms with Crippen molar-refractivity contribution in [1.29, 1.82) is 0 Å². The first kappa shape index (κ1) is 38.8. The Bertz CT molecular complexity index is 923. The van der Waals surface area contributed by atoms with Crippen molar-refractivity contribution in [3.8, 4) is 0 Å². The molecule has 0 aliphatic carbocycles. The van der Waals surface area contributed by atoms with Crippen LogP contribution in [0.3, 0.4) is 0 Å². The molecule has 0 saturated heterocycles. The van der Waals surface area contributed by atoms with Gasteiger partial charge >= 0.3 is 17.9 Å². The molecule has 236 valence electrons. The minimum Gasteiger partial charge on any atom is -0.477 e. The Morgan fingerprint density at radius 3 is 1.64 bits per heavy atom. The predicted octanol–water partition coefficient (Wildman–Crippen LogP) is 6.51. The fourth-order valence-electron chi connectivity index (χ4n) is 3.66. The molecule has 0 amide bonds. The molecule has 0 fully saturated rings. The molecule has 0 aromatic carbocycles. The molecule has 0 aliphatic heterocycles. The zero-order chi connectivity index (χ0) is 31.5. The molecule has 8 nitrogen and oxygen atoms in total. The lowest BCUT2D eigenvalue weighted by Crippen LogP contribution is -2.50. The van der Waals surface area contributed by atoms with Gasteiger partial charge < -0.3 is 23.8 Å². The Labute approximate surface area is 253 Å². The number of likely N-dealkylation sites (N-methyl/N-ethyl adjacent to an activating group) is 1. The van der Waals surface area contributed by atoms with Crippen molar-refractivity contribution in [3.05, 3.63) is 72.9 Å². The number of carboxylic acid groups (broad SMARTS) is 1. The number of carbonyl (C=O) groups excluding carboxylic acids is 2. The molecule has 0 bridgehead atoms. The first-order chi connectivity index (χ1) is 20.1. The van der Waals surface area contributed by atoms with Crippen LogP contribution in [0.4, 0.5) is 0 Å². The van der Waals surface area contributed by atoms with Crippen LogP contribution in [-0.4, -0.2) is 80.6 Å². The minimum atomic E-state index is -0.900. The van der Waals surface area contributed by atoms with Crippen LogP contribution in [0.15, 0.2) is 72.9 Å². The Hall–Kier alpha value is -3.23. The van der Waals surface area contributed by atoms with E-state index in [9.17, 15) is 19.5 Å². The fraction of sp³-hybridized carbons (Fsp3) is 0.559. The van der Waals surface area contributed by atoms with Gasteiger partial charge in [0.25, 0.3) is 0 Å². The quantitative estimate of drug-likeness (QED) is 0.0594. The number of quaternary nitrogens is 1. The molecule has 0 rings (SSSR count). The maximum Gasteiger partial charge on any atom is 0.362 e. The van der Waals surface area contributed by atoms with E-state index >= 15 is 0 Å². The predicted molar refractivity (Wildman–Crippen MR) is 169 cm³/mol. The van der Waals surface area contributed by atoms with E-state index in [1.54, 1.807) is 0 Å². The molecule has 0 aromatic heterocycles. The molecule has 0 aromatic rings. The smallest absolute Gasteiger partial charge is 0.362 e. The van der Waals surface area contributed by atoms with Crippen molar-refractivity contribution in [2.45, 2.75) is 83.8 Å². The van der Waals surface area contributed by atoms with Gasteiger partial charge in [0.15, 0.2) is 12.1 Å². The molecule has 42 heavy (non-hydrogen) atoms. The standard InChI is InChI=1S/C34H53NO7/c1-6-7-8-9-10-11-12-13-14-15-16-17-18-19-20-21-22-23-24-25-33(37)42-31(29-41-30(2)36)28-40-27-26-32(34(38)39)35(3,4)5/h7-8,10-11,13-14,16-17,19-20,22-23,31-32H,6,9,12,15,18,21,24-29H2,1-5H3/p+1/b8-7-,11-10-,14-13-,17-16-,20-19-,23-22-. The number of esters is 2. The second-order valence-corrected chi connectivity index (χ2v) is 10.7. The van der Waals surface area contributed by atoms with Crippen molar-refractivity contribution >= 4 is 17.9 Å². The van der Waals surface area contributed by atoms with Crippen molar-refractivity contribution in [3.63, 3.8) is 0 Å². The normalized spacial score (nSPS) is 14.2. The number of hydrogen-bond acceptors (Lipinski definition) is 6. The van der Waals surface area contributed by atoms with Crippen LogP contribution in [0.1, 0.15) is 71.6 Å². The molecule has 0 spiro atoms. The summed E-state index contributed by atoms with van der Waals surface area (Å²) in [4.78, 5) is 35.0. The van der Waals surface area contributed by atoms with Gasteiger partial charge in [-0.25, -0.2) is 4.79 Å². The third kappa shape index (κ3) is 24.6. The SMILES string of the molecule is CC/C=C\C/C=C\C/C=C\C/C=C\C/C=C\C/C=C\CCC(=O)OC(COCCC(C(=O)O)[N+](C)(C)C)COC(C)=O. The summed E-state index contributed by atoms with van der Waals surface area (Å²) in [5.74, 6) is -1.79. The summed E-state index contributed by atoms with van der Waals surface area (Å²) in [5, 5.41) is 9.42. The van der Waals surface area contributed by atoms with E-state index in [-0.39, 0.29) is 30.7 Å². The van der Waals surface area contributed by atoms with Gasteiger partial charge in [-0.3, -0.25) is 9.59 Å². The van der Waals surface area contributed by atoms with Crippen LogP contribution in [-0.2, 0) is 28.6 Å². The highest BCUT2D eigenvalue weighted by atomic mass is 16.6. The molecule has 0 heterocycles. The summed E-state index contributed by atoms with van der Waals surface area (Å²) >= 11 is 0. The van der Waals surface area contributed by atoms with Crippen molar-refractivity contribution in [1.82, 2.24) is 0 Å². The summed E-state index contributed by atoms with van der Waals surface area (Å²) in [6, 6.07) is -0.624. The maximum absolute atomic E-state index is 12.3. The second kappa shape index (κ2) is 25.5. The maximum atomic E-state index is 12.3. The second-order valence-electron chi connectivity index (χ2n) is 10.7. The van der Waals surface area contributed by atoms with E-state index < -0.39 is 30.1 Å². The number of aliphatic carboxylic acids is 1. The number of allylic oxidation sites excluding steroid dienone is 12. The topological polar surface area (TPSA) is 99.1 Å². The number of hydrogen-bond donors (Lipinski definition) is 1. The molecule has 2 unspecified atom stereocenters. The summed E-state index contributed by atoms with van der Waals surface area (Å²) in [5.41, 5.74) is 0. The van der Waals surface area contributed by atoms with Crippen molar-refractivity contribution < 1.29 is 38.2 Å². The largest absolute Gasteiger partial charge is 0.477 e. The first-order valence-electron chi connectivity index (χ1n) is 14.9. The monoisotopic (exact) mass is 588 g/mol. The zero-order valence-electron chi connectivity index (χ0n) is 26.4. The van der Waals surface area contributed by atoms with Gasteiger partial charge in [-0.1, -0.05) is 79.8 Å². The van der Waals surface area contributed by atoms with E-state index in [1.807, 2.05) is 33.3 Å². The Morgan fingerprint density at radius 2 is 1.21 bits per heavy atom. The third-order valence-corrected chi connectivity index (χ3v) is 5.94. The number of ether oxygens (including phenoxy) is 3. The molecule has 2 atom stereocenters. The lowest BCUT2D eigenvalue weighted by atomic mass is 10.1. The van der Waals surface area contributed by atoms with Crippen LogP contribution in [0, 0.1) is 0 Å². The number of rotatable bonds is 24. The van der Waals surface area contributed by atoms with E-state index in [1.165, 1.54) is 6.92 Å². The highest BCUT2D eigenvalue weighted by Crippen LogP contribution is 2.09. The highest BCUT2D eigenvalue weighted by molar-refractivity contribution is 5.72. The number of carboxylic acids is 1. The fourth-order valence-corrected chi connectivity index (χ4v) is 3.66. The van der Waals surface area contributed by atoms with Gasteiger partial charge in [0.05, 0.1) is 34.4 Å². The summed E-state index contributed by atoms with van der Waals surface area (Å²) in [7, 11) is 5.42. The van der Waals surface area contributed by atoms with Gasteiger partial charge in [-0.05, 0) is 44.9 Å². The van der Waals surface area contributed by atoms with Gasteiger partial charge in [0, 0.05) is 19.8 Å². The van der Waals surface area contributed by atoms with Crippen LogP contribution in [0.25, 0.3) is 0 Å². The van der Waals surface area contributed by atoms with Crippen LogP contribution >= 0.6 is 0 Å². The van der Waals surface area contributed by atoms with Gasteiger partial charge in [-0.15, -0.1) is 0 Å². The van der Waals surface area contributed by atoms with E-state index in [2.05, 4.69) is 67.7 Å². The van der Waals surface area contributed by atoms with Crippen molar-refractivity contribution in [2.24, 2.45) is 0 Å². The number of nitrogens with zero attached hydrogens (tertiary/aromatic N) is 1. The highest BCUT2D eigenvalue weighted by Gasteiger charge is 2.31. The molecule has 0 radical (unpaired) electrons. The molecule has 8 heteroatoms. The zero-order valence-corrected chi connectivity index (χ0v) is 26.4. The van der Waals surface area contributed by atoms with E-state index in [0.717, 1.165) is 38.5 Å². The summed E-state index contributed by atoms with van der Waals surface area (Å²) in [6.45, 7) is 3.50. The van der Waals surface area contributed by atoms with Crippen LogP contribution in [0.2, 0.25) is 0 Å². The summed E-state index contributed by atoms with van der Waals surface area (Å²) in [6.07, 6.45) is 31.5. The molecule has 0 saturated carbocycles. The Kier molecular flexibility index (Phi) is 23.5. The lowest BCUT2D eigenvalue weighted by molar-refractivity contribution is -0.887. The van der Waals surface area contributed by atoms with E-state index in [4.69, 9.17) is 14.2 Å². The number of carbonyl (C=O) groups is 3. The Balaban J connectivity index is 4.20.